The summed E-state index contributed by atoms with van der Waals surface area (Å²) in [7, 11) is 1.55. The molecule has 18 heavy (non-hydrogen) atoms. The number of rotatable bonds is 2. The zero-order valence-electron chi connectivity index (χ0n) is 10.2. The summed E-state index contributed by atoms with van der Waals surface area (Å²) in [5, 5.41) is 9.50. The molecule has 4 nitrogen and oxygen atoms in total. The molecule has 1 saturated heterocycles. The third-order valence-corrected chi connectivity index (χ3v) is 3.78. The van der Waals surface area contributed by atoms with Crippen LogP contribution in [0.5, 0.6) is 0 Å². The third kappa shape index (κ3) is 1.35. The van der Waals surface area contributed by atoms with Gasteiger partial charge in [0.15, 0.2) is 0 Å². The highest BCUT2D eigenvalue weighted by molar-refractivity contribution is 6.02. The van der Waals surface area contributed by atoms with Crippen LogP contribution in [-0.4, -0.2) is 25.3 Å². The van der Waals surface area contributed by atoms with Crippen LogP contribution >= 0.6 is 0 Å². The van der Waals surface area contributed by atoms with E-state index in [1.807, 2.05) is 30.3 Å². The number of nitriles is 1. The highest BCUT2D eigenvalue weighted by Crippen LogP contribution is 2.52. The molecule has 0 saturated carbocycles. The second-order valence-electron chi connectivity index (χ2n) is 4.68. The molecule has 2 unspecified atom stereocenters. The zero-order valence-corrected chi connectivity index (χ0v) is 10.2. The number of hydrogen-bond acceptors (Lipinski definition) is 4. The first kappa shape index (κ1) is 11.4. The molecule has 0 bridgehead atoms. The van der Waals surface area contributed by atoms with Gasteiger partial charge in [-0.05, 0) is 12.0 Å². The van der Waals surface area contributed by atoms with Gasteiger partial charge < -0.3 is 9.47 Å². The molecular weight excluding hydrogens is 228 g/mol. The summed E-state index contributed by atoms with van der Waals surface area (Å²) in [6, 6.07) is 12.2. The van der Waals surface area contributed by atoms with Crippen molar-refractivity contribution in [3.63, 3.8) is 0 Å². The van der Waals surface area contributed by atoms with E-state index < -0.39 is 11.3 Å². The van der Waals surface area contributed by atoms with E-state index in [1.165, 1.54) is 0 Å². The van der Waals surface area contributed by atoms with Crippen LogP contribution in [-0.2, 0) is 9.47 Å². The van der Waals surface area contributed by atoms with Gasteiger partial charge in [0.1, 0.15) is 5.41 Å². The summed E-state index contributed by atoms with van der Waals surface area (Å²) in [5.74, 6) is -1.10. The molecule has 2 heterocycles. The van der Waals surface area contributed by atoms with Gasteiger partial charge in [-0.2, -0.15) is 5.26 Å². The van der Waals surface area contributed by atoms with E-state index in [4.69, 9.17) is 9.47 Å². The lowest BCUT2D eigenvalue weighted by Crippen LogP contribution is -2.40. The van der Waals surface area contributed by atoms with Gasteiger partial charge in [-0.1, -0.05) is 30.3 Å². The lowest BCUT2D eigenvalue weighted by molar-refractivity contribution is -0.218. The van der Waals surface area contributed by atoms with E-state index in [0.29, 0.717) is 19.4 Å². The zero-order chi connectivity index (χ0) is 12.6. The molecule has 0 radical (unpaired) electrons. The smallest absolute Gasteiger partial charge is 0.289 e. The summed E-state index contributed by atoms with van der Waals surface area (Å²) in [5.41, 5.74) is 1.24. The first-order valence-electron chi connectivity index (χ1n) is 6.00. The molecule has 3 rings (SSSR count). The number of benzene rings is 1. The van der Waals surface area contributed by atoms with Gasteiger partial charge in [0, 0.05) is 19.2 Å². The Bertz CT molecular complexity index is 534. The van der Waals surface area contributed by atoms with Gasteiger partial charge in [0.05, 0.1) is 12.7 Å². The predicted molar refractivity (Wildman–Crippen MR) is 66.0 cm³/mol. The van der Waals surface area contributed by atoms with Crippen molar-refractivity contribution in [2.24, 2.45) is 10.4 Å². The van der Waals surface area contributed by atoms with Crippen molar-refractivity contribution in [2.75, 3.05) is 13.7 Å². The van der Waals surface area contributed by atoms with Gasteiger partial charge >= 0.3 is 0 Å². The molecular formula is C14H14N2O2. The average Bonchev–Trinajstić information content (AvgIpc) is 2.92. The first-order valence-corrected chi connectivity index (χ1v) is 6.00. The Hall–Kier alpha value is -1.70. The van der Waals surface area contributed by atoms with E-state index in [9.17, 15) is 5.26 Å². The molecule has 2 aliphatic rings. The van der Waals surface area contributed by atoms with Gasteiger partial charge in [-0.15, -0.1) is 0 Å². The summed E-state index contributed by atoms with van der Waals surface area (Å²) in [6.07, 6.45) is 1.25. The van der Waals surface area contributed by atoms with Crippen molar-refractivity contribution in [2.45, 2.75) is 18.8 Å². The summed E-state index contributed by atoms with van der Waals surface area (Å²) < 4.78 is 11.1. The van der Waals surface area contributed by atoms with E-state index in [0.717, 1.165) is 11.3 Å². The van der Waals surface area contributed by atoms with Crippen molar-refractivity contribution >= 4 is 5.71 Å². The normalized spacial score (nSPS) is 33.9. The highest BCUT2D eigenvalue weighted by atomic mass is 16.7. The fraction of sp³-hybridized carbons (Fsp3) is 0.429. The second-order valence-corrected chi connectivity index (χ2v) is 4.68. The quantitative estimate of drug-likeness (QED) is 0.798. The van der Waals surface area contributed by atoms with Crippen molar-refractivity contribution in [1.29, 1.82) is 5.26 Å². The van der Waals surface area contributed by atoms with Crippen molar-refractivity contribution in [1.82, 2.24) is 0 Å². The fourth-order valence-electron chi connectivity index (χ4n) is 2.77. The lowest BCUT2D eigenvalue weighted by Gasteiger charge is -2.28. The predicted octanol–water partition coefficient (Wildman–Crippen LogP) is 2.11. The van der Waals surface area contributed by atoms with Crippen molar-refractivity contribution in [3.05, 3.63) is 35.9 Å². The van der Waals surface area contributed by atoms with E-state index in [1.54, 1.807) is 7.11 Å². The molecule has 1 aromatic rings. The Morgan fingerprint density at radius 3 is 2.78 bits per heavy atom. The standard InChI is InChI=1S/C14H14N2O2/c1-17-14-13(10-15,7-8-18-14)9-12(16-14)11-5-3-2-4-6-11/h2-6H,7-9H2,1H3. The molecule has 0 amide bonds. The summed E-state index contributed by atoms with van der Waals surface area (Å²) in [6.45, 7) is 0.521. The Morgan fingerprint density at radius 1 is 1.39 bits per heavy atom. The molecule has 2 atom stereocenters. The Kier molecular flexibility index (Phi) is 2.47. The van der Waals surface area contributed by atoms with E-state index >= 15 is 0 Å². The molecule has 0 aliphatic carbocycles. The summed E-state index contributed by atoms with van der Waals surface area (Å²) >= 11 is 0. The highest BCUT2D eigenvalue weighted by Gasteiger charge is 2.62. The van der Waals surface area contributed by atoms with E-state index in [-0.39, 0.29) is 0 Å². The third-order valence-electron chi connectivity index (χ3n) is 3.78. The van der Waals surface area contributed by atoms with Crippen LogP contribution in [0.25, 0.3) is 0 Å². The first-order chi connectivity index (χ1) is 8.75. The molecule has 0 spiro atoms. The van der Waals surface area contributed by atoms with Crippen LogP contribution in [0.1, 0.15) is 18.4 Å². The van der Waals surface area contributed by atoms with Crippen LogP contribution in [0.3, 0.4) is 0 Å². The average molecular weight is 242 g/mol. The molecule has 1 fully saturated rings. The number of hydrogen-bond donors (Lipinski definition) is 0. The van der Waals surface area contributed by atoms with Crippen molar-refractivity contribution < 1.29 is 9.47 Å². The lowest BCUT2D eigenvalue weighted by atomic mass is 9.81. The van der Waals surface area contributed by atoms with Gasteiger partial charge in [0.2, 0.25) is 0 Å². The van der Waals surface area contributed by atoms with Crippen LogP contribution in [0.4, 0.5) is 0 Å². The van der Waals surface area contributed by atoms with Gasteiger partial charge in [-0.3, -0.25) is 0 Å². The molecule has 0 aromatic heterocycles. The minimum atomic E-state index is -1.10. The second kappa shape index (κ2) is 3.91. The van der Waals surface area contributed by atoms with Crippen LogP contribution in [0.15, 0.2) is 35.3 Å². The maximum absolute atomic E-state index is 9.50. The monoisotopic (exact) mass is 242 g/mol. The maximum Gasteiger partial charge on any atom is 0.289 e. The Balaban J connectivity index is 2.05. The number of aliphatic imine (C=N–C) groups is 1. The number of ether oxygens (including phenoxy) is 2. The van der Waals surface area contributed by atoms with Gasteiger partial charge in [-0.25, -0.2) is 4.99 Å². The largest absolute Gasteiger partial charge is 0.334 e. The Labute approximate surface area is 106 Å². The van der Waals surface area contributed by atoms with Crippen LogP contribution in [0, 0.1) is 16.7 Å². The number of methoxy groups -OCH3 is 1. The molecule has 4 heteroatoms. The Morgan fingerprint density at radius 2 is 2.17 bits per heavy atom. The molecule has 0 N–H and O–H groups in total. The van der Waals surface area contributed by atoms with Crippen LogP contribution < -0.4 is 0 Å². The minimum absolute atomic E-state index is 0.521. The number of fused-ring (bicyclic) bond motifs is 1. The van der Waals surface area contributed by atoms with Crippen molar-refractivity contribution in [3.8, 4) is 6.07 Å². The maximum atomic E-state index is 9.50. The summed E-state index contributed by atoms with van der Waals surface area (Å²) in [4.78, 5) is 4.56. The van der Waals surface area contributed by atoms with Gasteiger partial charge in [0.25, 0.3) is 5.91 Å². The molecule has 92 valence electrons. The topological polar surface area (TPSA) is 54.6 Å². The fourth-order valence-corrected chi connectivity index (χ4v) is 2.77. The molecule has 2 aliphatic heterocycles. The SMILES string of the molecule is COC12N=C(c3ccccc3)CC1(C#N)CCO2. The minimum Gasteiger partial charge on any atom is -0.334 e. The van der Waals surface area contributed by atoms with E-state index in [2.05, 4.69) is 11.1 Å². The van der Waals surface area contributed by atoms with Crippen LogP contribution in [0.2, 0.25) is 0 Å². The molecule has 1 aromatic carbocycles. The number of nitrogens with zero attached hydrogens (tertiary/aromatic N) is 2.